The quantitative estimate of drug-likeness (QED) is 0.707. The average molecular weight is 274 g/mol. The Balaban J connectivity index is 3.04. The van der Waals surface area contributed by atoms with Gasteiger partial charge in [-0.05, 0) is 13.8 Å². The van der Waals surface area contributed by atoms with Crippen molar-refractivity contribution in [3.8, 4) is 0 Å². The van der Waals surface area contributed by atoms with Crippen LogP contribution in [-0.4, -0.2) is 42.2 Å². The highest BCUT2D eigenvalue weighted by Gasteiger charge is 2.14. The Morgan fingerprint density at radius 3 is 2.78 bits per heavy atom. The molecule has 0 bridgehead atoms. The van der Waals surface area contributed by atoms with Gasteiger partial charge in [-0.2, -0.15) is 0 Å². The van der Waals surface area contributed by atoms with E-state index in [0.717, 1.165) is 0 Å². The Hall–Kier alpha value is -1.07. The summed E-state index contributed by atoms with van der Waals surface area (Å²) >= 11 is 5.76. The van der Waals surface area contributed by atoms with Crippen molar-refractivity contribution in [1.82, 2.24) is 9.55 Å². The van der Waals surface area contributed by atoms with E-state index in [1.54, 1.807) is 24.1 Å². The lowest BCUT2D eigenvalue weighted by atomic mass is 10.3. The van der Waals surface area contributed by atoms with E-state index in [1.807, 2.05) is 18.7 Å². The molecule has 102 valence electrons. The molecular formula is C12H20ClN3O2. The molecule has 0 atom stereocenters. The fraction of sp³-hybridized carbons (Fsp3) is 0.667. The highest BCUT2D eigenvalue weighted by atomic mass is 35.5. The third-order valence-electron chi connectivity index (χ3n) is 2.63. The Bertz CT molecular complexity index is 420. The third kappa shape index (κ3) is 3.71. The van der Waals surface area contributed by atoms with Gasteiger partial charge in [-0.25, -0.2) is 4.98 Å². The summed E-state index contributed by atoms with van der Waals surface area (Å²) in [5, 5.41) is 0. The van der Waals surface area contributed by atoms with Gasteiger partial charge < -0.3 is 14.2 Å². The second-order valence-electron chi connectivity index (χ2n) is 4.23. The van der Waals surface area contributed by atoms with E-state index in [1.165, 1.54) is 0 Å². The van der Waals surface area contributed by atoms with Crippen molar-refractivity contribution in [3.05, 3.63) is 22.7 Å². The van der Waals surface area contributed by atoms with E-state index in [0.29, 0.717) is 31.4 Å². The molecular weight excluding hydrogens is 254 g/mol. The molecule has 0 aliphatic heterocycles. The number of hydrogen-bond donors (Lipinski definition) is 0. The Morgan fingerprint density at radius 1 is 1.50 bits per heavy atom. The number of anilines is 1. The fourth-order valence-corrected chi connectivity index (χ4v) is 1.87. The molecule has 0 aliphatic rings. The second-order valence-corrected chi connectivity index (χ2v) is 4.60. The van der Waals surface area contributed by atoms with Crippen molar-refractivity contribution in [2.75, 3.05) is 37.6 Å². The van der Waals surface area contributed by atoms with Gasteiger partial charge in [-0.15, -0.1) is 11.6 Å². The molecule has 0 radical (unpaired) electrons. The molecule has 5 nitrogen and oxygen atoms in total. The van der Waals surface area contributed by atoms with Crippen LogP contribution in [-0.2, 0) is 4.74 Å². The van der Waals surface area contributed by atoms with Crippen LogP contribution in [0, 0.1) is 0 Å². The van der Waals surface area contributed by atoms with Gasteiger partial charge in [0, 0.05) is 44.5 Å². The third-order valence-corrected chi connectivity index (χ3v) is 2.79. The summed E-state index contributed by atoms with van der Waals surface area (Å²) in [7, 11) is 1.63. The molecule has 0 N–H and O–H groups in total. The maximum absolute atomic E-state index is 12.3. The summed E-state index contributed by atoms with van der Waals surface area (Å²) in [5.74, 6) is 0.880. The second kappa shape index (κ2) is 7.38. The van der Waals surface area contributed by atoms with Crippen molar-refractivity contribution in [3.63, 3.8) is 0 Å². The molecule has 0 unspecified atom stereocenters. The summed E-state index contributed by atoms with van der Waals surface area (Å²) < 4.78 is 6.70. The number of aromatic nitrogens is 2. The summed E-state index contributed by atoms with van der Waals surface area (Å²) in [6, 6.07) is 0.111. The van der Waals surface area contributed by atoms with Gasteiger partial charge in [0.2, 0.25) is 0 Å². The maximum atomic E-state index is 12.3. The lowest BCUT2D eigenvalue weighted by molar-refractivity contribution is 0.205. The molecule has 0 amide bonds. The number of rotatable bonds is 7. The minimum absolute atomic E-state index is 0.0891. The van der Waals surface area contributed by atoms with Crippen LogP contribution in [0.1, 0.15) is 19.9 Å². The van der Waals surface area contributed by atoms with Crippen LogP contribution in [0.2, 0.25) is 0 Å². The number of hydrogen-bond acceptors (Lipinski definition) is 4. The summed E-state index contributed by atoms with van der Waals surface area (Å²) in [4.78, 5) is 18.3. The molecule has 0 saturated heterocycles. The molecule has 6 heteroatoms. The first kappa shape index (κ1) is 15.0. The largest absolute Gasteiger partial charge is 0.383 e. The Labute approximate surface area is 112 Å². The van der Waals surface area contributed by atoms with Crippen molar-refractivity contribution >= 4 is 17.4 Å². The molecule has 1 aromatic rings. The SMILES string of the molecule is COCCN(CCCl)c1nccn(C(C)C)c1=O. The van der Waals surface area contributed by atoms with Gasteiger partial charge in [0.25, 0.3) is 5.56 Å². The summed E-state index contributed by atoms with van der Waals surface area (Å²) in [5.41, 5.74) is -0.0891. The highest BCUT2D eigenvalue weighted by molar-refractivity contribution is 6.18. The van der Waals surface area contributed by atoms with Crippen LogP contribution in [0.4, 0.5) is 5.82 Å². The smallest absolute Gasteiger partial charge is 0.293 e. The van der Waals surface area contributed by atoms with Crippen LogP contribution in [0.25, 0.3) is 0 Å². The first-order valence-corrected chi connectivity index (χ1v) is 6.52. The van der Waals surface area contributed by atoms with Crippen LogP contribution < -0.4 is 10.5 Å². The molecule has 1 heterocycles. The number of halogens is 1. The van der Waals surface area contributed by atoms with Crippen molar-refractivity contribution in [1.29, 1.82) is 0 Å². The van der Waals surface area contributed by atoms with Gasteiger partial charge in [-0.3, -0.25) is 4.79 Å². The van der Waals surface area contributed by atoms with E-state index in [4.69, 9.17) is 16.3 Å². The Morgan fingerprint density at radius 2 is 2.22 bits per heavy atom. The van der Waals surface area contributed by atoms with E-state index in [9.17, 15) is 4.79 Å². The molecule has 18 heavy (non-hydrogen) atoms. The zero-order valence-corrected chi connectivity index (χ0v) is 11.9. The van der Waals surface area contributed by atoms with Gasteiger partial charge in [0.15, 0.2) is 5.82 Å². The zero-order chi connectivity index (χ0) is 13.5. The monoisotopic (exact) mass is 273 g/mol. The normalized spacial score (nSPS) is 10.9. The molecule has 1 rings (SSSR count). The number of nitrogens with zero attached hydrogens (tertiary/aromatic N) is 3. The van der Waals surface area contributed by atoms with Gasteiger partial charge >= 0.3 is 0 Å². The van der Waals surface area contributed by atoms with Crippen LogP contribution >= 0.6 is 11.6 Å². The van der Waals surface area contributed by atoms with Crippen molar-refractivity contribution in [2.24, 2.45) is 0 Å². The van der Waals surface area contributed by atoms with Crippen LogP contribution in [0.3, 0.4) is 0 Å². The molecule has 0 fully saturated rings. The topological polar surface area (TPSA) is 47.4 Å². The molecule has 1 aromatic heterocycles. The lowest BCUT2D eigenvalue weighted by Gasteiger charge is -2.22. The van der Waals surface area contributed by atoms with E-state index >= 15 is 0 Å². The molecule has 0 saturated carbocycles. The van der Waals surface area contributed by atoms with E-state index in [-0.39, 0.29) is 11.6 Å². The van der Waals surface area contributed by atoms with Crippen molar-refractivity contribution in [2.45, 2.75) is 19.9 Å². The molecule has 0 aromatic carbocycles. The first-order chi connectivity index (χ1) is 8.61. The highest BCUT2D eigenvalue weighted by Crippen LogP contribution is 2.06. The first-order valence-electron chi connectivity index (χ1n) is 5.98. The van der Waals surface area contributed by atoms with Crippen molar-refractivity contribution < 1.29 is 4.74 Å². The minimum atomic E-state index is -0.0891. The molecule has 0 aliphatic carbocycles. The standard InChI is InChI=1S/C12H20ClN3O2/c1-10(2)16-7-5-14-11(12(16)17)15(6-4-13)8-9-18-3/h5,7,10H,4,6,8-9H2,1-3H3. The average Bonchev–Trinajstić information content (AvgIpc) is 2.34. The van der Waals surface area contributed by atoms with E-state index in [2.05, 4.69) is 4.98 Å². The van der Waals surface area contributed by atoms with Gasteiger partial charge in [-0.1, -0.05) is 0 Å². The minimum Gasteiger partial charge on any atom is -0.383 e. The maximum Gasteiger partial charge on any atom is 0.293 e. The van der Waals surface area contributed by atoms with E-state index < -0.39 is 0 Å². The van der Waals surface area contributed by atoms with Crippen LogP contribution in [0.5, 0.6) is 0 Å². The van der Waals surface area contributed by atoms with Crippen LogP contribution in [0.15, 0.2) is 17.2 Å². The van der Waals surface area contributed by atoms with Gasteiger partial charge in [0.05, 0.1) is 6.61 Å². The zero-order valence-electron chi connectivity index (χ0n) is 11.1. The predicted molar refractivity (Wildman–Crippen MR) is 73.7 cm³/mol. The predicted octanol–water partition coefficient (Wildman–Crippen LogP) is 1.52. The summed E-state index contributed by atoms with van der Waals surface area (Å²) in [6.07, 6.45) is 3.34. The number of alkyl halides is 1. The lowest BCUT2D eigenvalue weighted by Crippen LogP contribution is -2.37. The number of ether oxygens (including phenoxy) is 1. The summed E-state index contributed by atoms with van der Waals surface area (Å²) in [6.45, 7) is 5.65. The molecule has 0 spiro atoms. The number of methoxy groups -OCH3 is 1. The fourth-order valence-electron chi connectivity index (χ4n) is 1.66. The Kier molecular flexibility index (Phi) is 6.15. The van der Waals surface area contributed by atoms with Gasteiger partial charge in [0.1, 0.15) is 0 Å².